The van der Waals surface area contributed by atoms with Crippen LogP contribution in [0.4, 0.5) is 4.79 Å². The van der Waals surface area contributed by atoms with Crippen LogP contribution >= 0.6 is 23.5 Å². The Bertz CT molecular complexity index is 283. The average Bonchev–Trinajstić information content (AvgIpc) is 2.56. The summed E-state index contributed by atoms with van der Waals surface area (Å²) in [4.78, 5) is 33.5. The van der Waals surface area contributed by atoms with Gasteiger partial charge in [0, 0.05) is 5.08 Å². The van der Waals surface area contributed by atoms with Gasteiger partial charge in [-0.05, 0) is 0 Å². The second-order valence-electron chi connectivity index (χ2n) is 2.59. The Balaban J connectivity index is 2.31. The van der Waals surface area contributed by atoms with Crippen molar-refractivity contribution >= 4 is 41.4 Å². The highest BCUT2D eigenvalue weighted by molar-refractivity contribution is 8.20. The number of rotatable bonds is 0. The van der Waals surface area contributed by atoms with Crippen molar-refractivity contribution in [2.24, 2.45) is 0 Å². The van der Waals surface area contributed by atoms with Crippen LogP contribution in [0.25, 0.3) is 0 Å². The van der Waals surface area contributed by atoms with E-state index in [1.807, 2.05) is 0 Å². The summed E-state index contributed by atoms with van der Waals surface area (Å²) in [6.45, 7) is 0. The number of carboxylic acid groups (broad SMARTS) is 1. The van der Waals surface area contributed by atoms with E-state index in [1.54, 1.807) is 0 Å². The van der Waals surface area contributed by atoms with Crippen molar-refractivity contribution in [1.29, 1.82) is 0 Å². The highest BCUT2D eigenvalue weighted by atomic mass is 32.2. The molecule has 0 aliphatic carbocycles. The number of carbonyl (C=O) groups excluding carboxylic acids is 2. The van der Waals surface area contributed by atoms with Crippen molar-refractivity contribution in [2.75, 3.05) is 5.08 Å². The van der Waals surface area contributed by atoms with Gasteiger partial charge in [-0.15, -0.1) is 23.5 Å². The van der Waals surface area contributed by atoms with Crippen molar-refractivity contribution in [3.63, 3.8) is 0 Å². The number of hydrogen-bond donors (Lipinski definition) is 1. The largest absolute Gasteiger partial charge is 0.464 e. The molecule has 2 rings (SSSR count). The Morgan fingerprint density at radius 2 is 1.77 bits per heavy atom. The third-order valence-corrected chi connectivity index (χ3v) is 4.82. The molecule has 0 spiro atoms. The highest BCUT2D eigenvalue weighted by Crippen LogP contribution is 2.42. The molecule has 2 unspecified atom stereocenters. The molecule has 0 bridgehead atoms. The van der Waals surface area contributed by atoms with Gasteiger partial charge in [0.2, 0.25) is 0 Å². The zero-order valence-corrected chi connectivity index (χ0v) is 7.93. The summed E-state index contributed by atoms with van der Waals surface area (Å²) in [6.07, 6.45) is -1.47. The van der Waals surface area contributed by atoms with E-state index in [2.05, 4.69) is 0 Å². The molecule has 13 heavy (non-hydrogen) atoms. The predicted octanol–water partition coefficient (Wildman–Crippen LogP) is 0.208. The molecular formula is C6H5NO4S2. The van der Waals surface area contributed by atoms with Crippen LogP contribution in [0.15, 0.2) is 0 Å². The molecule has 2 fully saturated rings. The van der Waals surface area contributed by atoms with Crippen LogP contribution in [-0.2, 0) is 9.59 Å². The van der Waals surface area contributed by atoms with Gasteiger partial charge < -0.3 is 5.11 Å². The number of hydrogen-bond acceptors (Lipinski definition) is 5. The Morgan fingerprint density at radius 3 is 2.15 bits per heavy atom. The third kappa shape index (κ3) is 1.14. The monoisotopic (exact) mass is 219 g/mol. The third-order valence-electron chi connectivity index (χ3n) is 1.89. The standard InChI is InChI=1S/C6H5NO4S2/c8-4-2-3(13-1-12-2)5(9)7(4)6(10)11/h2-3H,1H2,(H,10,11). The minimum atomic E-state index is -1.47. The van der Waals surface area contributed by atoms with E-state index in [9.17, 15) is 14.4 Å². The number of thioether (sulfide) groups is 2. The van der Waals surface area contributed by atoms with Crippen LogP contribution < -0.4 is 0 Å². The van der Waals surface area contributed by atoms with Gasteiger partial charge in [0.05, 0.1) is 0 Å². The number of carbonyl (C=O) groups is 3. The molecule has 1 N–H and O–H groups in total. The van der Waals surface area contributed by atoms with E-state index in [0.29, 0.717) is 9.98 Å². The van der Waals surface area contributed by atoms with Gasteiger partial charge in [-0.25, -0.2) is 4.79 Å². The average molecular weight is 219 g/mol. The zero-order chi connectivity index (χ0) is 9.59. The normalized spacial score (nSPS) is 32.5. The van der Waals surface area contributed by atoms with Crippen LogP contribution in [0.1, 0.15) is 0 Å². The van der Waals surface area contributed by atoms with E-state index >= 15 is 0 Å². The fourth-order valence-corrected chi connectivity index (χ4v) is 4.35. The van der Waals surface area contributed by atoms with Gasteiger partial charge >= 0.3 is 6.09 Å². The maximum absolute atomic E-state index is 11.3. The van der Waals surface area contributed by atoms with Crippen LogP contribution in [-0.4, -0.2) is 43.5 Å². The van der Waals surface area contributed by atoms with Crippen LogP contribution in [0.5, 0.6) is 0 Å². The van der Waals surface area contributed by atoms with Gasteiger partial charge in [0.1, 0.15) is 10.5 Å². The molecular weight excluding hydrogens is 214 g/mol. The van der Waals surface area contributed by atoms with Crippen LogP contribution in [0.3, 0.4) is 0 Å². The smallest absolute Gasteiger partial charge is 0.421 e. The second-order valence-corrected chi connectivity index (χ2v) is 5.21. The lowest BCUT2D eigenvalue weighted by Crippen LogP contribution is -2.36. The topological polar surface area (TPSA) is 74.7 Å². The number of amides is 3. The van der Waals surface area contributed by atoms with Crippen LogP contribution in [0, 0.1) is 0 Å². The number of likely N-dealkylation sites (tertiary alicyclic amines) is 1. The summed E-state index contributed by atoms with van der Waals surface area (Å²) in [7, 11) is 0. The van der Waals surface area contributed by atoms with Crippen molar-refractivity contribution in [1.82, 2.24) is 4.90 Å². The van der Waals surface area contributed by atoms with Crippen molar-refractivity contribution in [3.05, 3.63) is 0 Å². The van der Waals surface area contributed by atoms with Crippen molar-refractivity contribution in [2.45, 2.75) is 10.5 Å². The molecule has 5 nitrogen and oxygen atoms in total. The van der Waals surface area contributed by atoms with Crippen LogP contribution in [0.2, 0.25) is 0 Å². The summed E-state index contributed by atoms with van der Waals surface area (Å²) >= 11 is 2.67. The summed E-state index contributed by atoms with van der Waals surface area (Å²) in [5.74, 6) is -1.17. The van der Waals surface area contributed by atoms with E-state index < -0.39 is 28.4 Å². The molecule has 0 aromatic carbocycles. The molecule has 2 aliphatic rings. The summed E-state index contributed by atoms with van der Waals surface area (Å²) in [5.41, 5.74) is 0. The SMILES string of the molecule is O=C(O)N1C(=O)C2SCSC2C1=O. The predicted molar refractivity (Wildman–Crippen MR) is 47.5 cm³/mol. The lowest BCUT2D eigenvalue weighted by molar-refractivity contribution is -0.135. The van der Waals surface area contributed by atoms with E-state index in [4.69, 9.17) is 5.11 Å². The Morgan fingerprint density at radius 1 is 1.31 bits per heavy atom. The van der Waals surface area contributed by atoms with E-state index in [1.165, 1.54) is 23.5 Å². The van der Waals surface area contributed by atoms with E-state index in [0.717, 1.165) is 0 Å². The molecule has 0 radical (unpaired) electrons. The molecule has 70 valence electrons. The first kappa shape index (κ1) is 8.89. The number of fused-ring (bicyclic) bond motifs is 1. The minimum absolute atomic E-state index is 0.328. The van der Waals surface area contributed by atoms with E-state index in [-0.39, 0.29) is 0 Å². The Labute approximate surface area is 81.8 Å². The molecule has 2 saturated heterocycles. The summed E-state index contributed by atoms with van der Waals surface area (Å²) in [5, 5.41) is 8.30. The van der Waals surface area contributed by atoms with Gasteiger partial charge in [-0.1, -0.05) is 0 Å². The first-order valence-electron chi connectivity index (χ1n) is 3.47. The first-order chi connectivity index (χ1) is 6.13. The Hall–Kier alpha value is -0.690. The number of nitrogens with zero attached hydrogens (tertiary/aromatic N) is 1. The van der Waals surface area contributed by atoms with Gasteiger partial charge in [0.15, 0.2) is 0 Å². The fourth-order valence-electron chi connectivity index (χ4n) is 1.31. The molecule has 2 aliphatic heterocycles. The summed E-state index contributed by atoms with van der Waals surface area (Å²) < 4.78 is 0. The molecule has 0 saturated carbocycles. The first-order valence-corrected chi connectivity index (χ1v) is 5.56. The summed E-state index contributed by atoms with van der Waals surface area (Å²) in [6, 6.07) is 0. The maximum atomic E-state index is 11.3. The molecule has 0 aromatic rings. The van der Waals surface area contributed by atoms with Gasteiger partial charge in [-0.2, -0.15) is 4.90 Å². The maximum Gasteiger partial charge on any atom is 0.421 e. The van der Waals surface area contributed by atoms with Gasteiger partial charge in [0.25, 0.3) is 11.8 Å². The fraction of sp³-hybridized carbons (Fsp3) is 0.500. The zero-order valence-electron chi connectivity index (χ0n) is 6.30. The molecule has 0 aromatic heterocycles. The van der Waals surface area contributed by atoms with Crippen molar-refractivity contribution in [3.8, 4) is 0 Å². The number of imide groups is 3. The lowest BCUT2D eigenvalue weighted by atomic mass is 10.3. The minimum Gasteiger partial charge on any atom is -0.464 e. The van der Waals surface area contributed by atoms with Crippen molar-refractivity contribution < 1.29 is 19.5 Å². The quantitative estimate of drug-likeness (QED) is 0.587. The van der Waals surface area contributed by atoms with Gasteiger partial charge in [-0.3, -0.25) is 9.59 Å². The highest BCUT2D eigenvalue weighted by Gasteiger charge is 2.53. The lowest BCUT2D eigenvalue weighted by Gasteiger charge is -2.07. The second kappa shape index (κ2) is 2.91. The molecule has 2 atom stereocenters. The molecule has 2 heterocycles. The Kier molecular flexibility index (Phi) is 1.99. The molecule has 3 amide bonds. The molecule has 7 heteroatoms.